The molecule has 0 aliphatic rings. The SMILES string of the molecule is O=S(CCCSc1nc(-c2ccccc2)c(-c2ccccc2)[nH]1)c1ccccn1. The Morgan fingerprint density at radius 3 is 2.24 bits per heavy atom. The third-order valence-corrected chi connectivity index (χ3v) is 6.70. The summed E-state index contributed by atoms with van der Waals surface area (Å²) in [6.07, 6.45) is 2.51. The number of thioether (sulfide) groups is 1. The maximum Gasteiger partial charge on any atom is 0.166 e. The van der Waals surface area contributed by atoms with E-state index in [4.69, 9.17) is 4.98 Å². The Morgan fingerprint density at radius 1 is 0.862 bits per heavy atom. The van der Waals surface area contributed by atoms with E-state index in [1.807, 2.05) is 54.6 Å². The molecule has 0 aliphatic heterocycles. The summed E-state index contributed by atoms with van der Waals surface area (Å²) in [5.74, 6) is 1.44. The van der Waals surface area contributed by atoms with Crippen LogP contribution in [0.3, 0.4) is 0 Å². The molecule has 0 saturated heterocycles. The lowest BCUT2D eigenvalue weighted by molar-refractivity contribution is 0.679. The monoisotopic (exact) mass is 419 g/mol. The maximum atomic E-state index is 12.3. The molecule has 4 aromatic rings. The molecule has 0 radical (unpaired) electrons. The fourth-order valence-electron chi connectivity index (χ4n) is 2.98. The highest BCUT2D eigenvalue weighted by Gasteiger charge is 2.14. The van der Waals surface area contributed by atoms with Gasteiger partial charge in [-0.25, -0.2) is 9.97 Å². The van der Waals surface area contributed by atoms with Crippen LogP contribution in [0.4, 0.5) is 0 Å². The van der Waals surface area contributed by atoms with E-state index in [9.17, 15) is 4.21 Å². The molecule has 2 aromatic heterocycles. The Morgan fingerprint density at radius 2 is 1.55 bits per heavy atom. The number of benzene rings is 2. The van der Waals surface area contributed by atoms with Crippen LogP contribution in [0, 0.1) is 0 Å². The lowest BCUT2D eigenvalue weighted by atomic mass is 10.1. The van der Waals surface area contributed by atoms with Crippen molar-refractivity contribution >= 4 is 22.6 Å². The molecule has 1 atom stereocenters. The fraction of sp³-hybridized carbons (Fsp3) is 0.130. The molecular weight excluding hydrogens is 398 g/mol. The Labute approximate surface area is 177 Å². The molecule has 4 rings (SSSR count). The van der Waals surface area contributed by atoms with Gasteiger partial charge in [-0.15, -0.1) is 0 Å². The van der Waals surface area contributed by atoms with Crippen molar-refractivity contribution in [3.63, 3.8) is 0 Å². The minimum Gasteiger partial charge on any atom is -0.332 e. The number of pyridine rings is 1. The van der Waals surface area contributed by atoms with Crippen molar-refractivity contribution < 1.29 is 4.21 Å². The van der Waals surface area contributed by atoms with Crippen molar-refractivity contribution in [1.82, 2.24) is 15.0 Å². The molecule has 1 unspecified atom stereocenters. The zero-order valence-corrected chi connectivity index (χ0v) is 17.5. The Bertz CT molecular complexity index is 1010. The van der Waals surface area contributed by atoms with E-state index in [0.29, 0.717) is 10.8 Å². The molecule has 0 amide bonds. The van der Waals surface area contributed by atoms with E-state index in [2.05, 4.69) is 34.2 Å². The fourth-order valence-corrected chi connectivity index (χ4v) is 5.00. The first kappa shape index (κ1) is 19.6. The molecule has 0 spiro atoms. The van der Waals surface area contributed by atoms with Crippen molar-refractivity contribution in [3.05, 3.63) is 85.1 Å². The van der Waals surface area contributed by atoms with Crippen LogP contribution in [0.1, 0.15) is 6.42 Å². The number of nitrogens with one attached hydrogen (secondary N) is 1. The van der Waals surface area contributed by atoms with Gasteiger partial charge in [-0.2, -0.15) is 0 Å². The lowest BCUT2D eigenvalue weighted by Crippen LogP contribution is -2.01. The predicted molar refractivity (Wildman–Crippen MR) is 120 cm³/mol. The second-order valence-corrected chi connectivity index (χ2v) is 9.02. The molecule has 0 bridgehead atoms. The van der Waals surface area contributed by atoms with E-state index in [1.165, 1.54) is 0 Å². The smallest absolute Gasteiger partial charge is 0.166 e. The highest BCUT2D eigenvalue weighted by molar-refractivity contribution is 7.99. The number of aromatic amines is 1. The first-order chi connectivity index (χ1) is 14.3. The summed E-state index contributed by atoms with van der Waals surface area (Å²) in [6.45, 7) is 0. The van der Waals surface area contributed by atoms with Crippen molar-refractivity contribution in [2.24, 2.45) is 0 Å². The number of aromatic nitrogens is 3. The molecule has 6 heteroatoms. The van der Waals surface area contributed by atoms with Crippen LogP contribution in [-0.4, -0.2) is 30.7 Å². The number of nitrogens with zero attached hydrogens (tertiary/aromatic N) is 2. The summed E-state index contributed by atoms with van der Waals surface area (Å²) < 4.78 is 12.3. The van der Waals surface area contributed by atoms with Crippen molar-refractivity contribution in [3.8, 4) is 22.5 Å². The minimum atomic E-state index is -1.05. The standard InChI is InChI=1S/C23H21N3OS2/c27-29(20-14-7-8-15-24-20)17-9-16-28-23-25-21(18-10-3-1-4-11-18)22(26-23)19-12-5-2-6-13-19/h1-8,10-15H,9,16-17H2,(H,25,26). The van der Waals surface area contributed by atoms with Gasteiger partial charge in [-0.05, 0) is 18.6 Å². The lowest BCUT2D eigenvalue weighted by Gasteiger charge is -2.02. The highest BCUT2D eigenvalue weighted by atomic mass is 32.2. The van der Waals surface area contributed by atoms with Crippen LogP contribution < -0.4 is 0 Å². The number of rotatable bonds is 8. The van der Waals surface area contributed by atoms with Crippen LogP contribution >= 0.6 is 11.8 Å². The van der Waals surface area contributed by atoms with Gasteiger partial charge in [0.2, 0.25) is 0 Å². The van der Waals surface area contributed by atoms with Gasteiger partial charge in [-0.1, -0.05) is 78.5 Å². The topological polar surface area (TPSA) is 58.6 Å². The van der Waals surface area contributed by atoms with Crippen LogP contribution in [-0.2, 0) is 10.8 Å². The molecule has 2 heterocycles. The summed E-state index contributed by atoms with van der Waals surface area (Å²) in [5, 5.41) is 1.53. The van der Waals surface area contributed by atoms with Crippen LogP contribution in [0.25, 0.3) is 22.5 Å². The van der Waals surface area contributed by atoms with Gasteiger partial charge in [0.1, 0.15) is 5.03 Å². The normalized spacial score (nSPS) is 12.0. The van der Waals surface area contributed by atoms with Crippen molar-refractivity contribution in [1.29, 1.82) is 0 Å². The predicted octanol–water partition coefficient (Wildman–Crippen LogP) is 5.43. The maximum absolute atomic E-state index is 12.3. The van der Waals surface area contributed by atoms with Gasteiger partial charge in [0.15, 0.2) is 5.16 Å². The van der Waals surface area contributed by atoms with E-state index < -0.39 is 10.8 Å². The molecular formula is C23H21N3OS2. The van der Waals surface area contributed by atoms with Crippen LogP contribution in [0.15, 0.2) is 95.2 Å². The minimum absolute atomic E-state index is 0.599. The van der Waals surface area contributed by atoms with Gasteiger partial charge in [0.05, 0.1) is 22.2 Å². The van der Waals surface area contributed by atoms with Gasteiger partial charge in [0, 0.05) is 28.8 Å². The molecule has 29 heavy (non-hydrogen) atoms. The van der Waals surface area contributed by atoms with E-state index in [1.54, 1.807) is 18.0 Å². The Hall–Kier alpha value is -2.70. The Kier molecular flexibility index (Phi) is 6.54. The number of imidazole rings is 1. The number of hydrogen-bond donors (Lipinski definition) is 1. The summed E-state index contributed by atoms with van der Waals surface area (Å²) in [4.78, 5) is 12.5. The first-order valence-electron chi connectivity index (χ1n) is 9.44. The Balaban J connectivity index is 1.46. The molecule has 1 N–H and O–H groups in total. The highest BCUT2D eigenvalue weighted by Crippen LogP contribution is 2.32. The summed E-state index contributed by atoms with van der Waals surface area (Å²) in [5.41, 5.74) is 4.18. The third kappa shape index (κ3) is 5.02. The van der Waals surface area contributed by atoms with Gasteiger partial charge in [0.25, 0.3) is 0 Å². The molecule has 0 fully saturated rings. The summed E-state index contributed by atoms with van der Waals surface area (Å²) in [7, 11) is -1.05. The molecule has 0 aliphatic carbocycles. The second-order valence-electron chi connectivity index (χ2n) is 6.42. The largest absolute Gasteiger partial charge is 0.332 e. The van der Waals surface area contributed by atoms with Crippen molar-refractivity contribution in [2.75, 3.05) is 11.5 Å². The van der Waals surface area contributed by atoms with Crippen LogP contribution in [0.2, 0.25) is 0 Å². The van der Waals surface area contributed by atoms with E-state index >= 15 is 0 Å². The molecule has 4 nitrogen and oxygen atoms in total. The van der Waals surface area contributed by atoms with E-state index in [0.717, 1.165) is 39.8 Å². The number of hydrogen-bond acceptors (Lipinski definition) is 4. The summed E-state index contributed by atoms with van der Waals surface area (Å²) >= 11 is 1.66. The number of H-pyrrole nitrogens is 1. The van der Waals surface area contributed by atoms with Gasteiger partial charge >= 0.3 is 0 Å². The molecule has 2 aromatic carbocycles. The molecule has 0 saturated carbocycles. The van der Waals surface area contributed by atoms with Crippen LogP contribution in [0.5, 0.6) is 0 Å². The second kappa shape index (κ2) is 9.67. The van der Waals surface area contributed by atoms with Gasteiger partial charge in [-0.3, -0.25) is 4.21 Å². The average Bonchev–Trinajstić information content (AvgIpc) is 3.23. The van der Waals surface area contributed by atoms with Crippen molar-refractivity contribution in [2.45, 2.75) is 16.6 Å². The summed E-state index contributed by atoms with van der Waals surface area (Å²) in [6, 6.07) is 26.0. The third-order valence-electron chi connectivity index (χ3n) is 4.38. The molecule has 146 valence electrons. The zero-order valence-electron chi connectivity index (χ0n) is 15.8. The zero-order chi connectivity index (χ0) is 19.9. The van der Waals surface area contributed by atoms with E-state index in [-0.39, 0.29) is 0 Å². The average molecular weight is 420 g/mol. The van der Waals surface area contributed by atoms with Gasteiger partial charge < -0.3 is 4.98 Å². The first-order valence-corrected chi connectivity index (χ1v) is 11.7. The quantitative estimate of drug-likeness (QED) is 0.306.